The van der Waals surface area contributed by atoms with Gasteiger partial charge in [0.15, 0.2) is 6.61 Å². The van der Waals surface area contributed by atoms with E-state index in [2.05, 4.69) is 5.16 Å². The minimum Gasteiger partial charge on any atom is -0.490 e. The van der Waals surface area contributed by atoms with E-state index in [0.29, 0.717) is 19.1 Å². The third-order valence-corrected chi connectivity index (χ3v) is 2.93. The van der Waals surface area contributed by atoms with Gasteiger partial charge in [-0.05, 0) is 54.8 Å². The van der Waals surface area contributed by atoms with E-state index in [-0.39, 0.29) is 0 Å². The number of benzene rings is 2. The lowest BCUT2D eigenvalue weighted by molar-refractivity contribution is 0.107. The van der Waals surface area contributed by atoms with Crippen molar-refractivity contribution < 1.29 is 14.3 Å². The summed E-state index contributed by atoms with van der Waals surface area (Å²) in [4.78, 5) is 5.10. The van der Waals surface area contributed by atoms with Crippen molar-refractivity contribution in [3.63, 3.8) is 0 Å². The van der Waals surface area contributed by atoms with Gasteiger partial charge >= 0.3 is 0 Å². The Kier molecular flexibility index (Phi) is 6.48. The largest absolute Gasteiger partial charge is 0.490 e. The van der Waals surface area contributed by atoms with E-state index in [1.54, 1.807) is 6.21 Å². The molecule has 4 nitrogen and oxygen atoms in total. The van der Waals surface area contributed by atoms with Crippen LogP contribution in [0.4, 0.5) is 0 Å². The quantitative estimate of drug-likeness (QED) is 0.398. The van der Waals surface area contributed by atoms with Crippen LogP contribution in [0.25, 0.3) is 0 Å². The smallest absolute Gasteiger partial charge is 0.151 e. The van der Waals surface area contributed by atoms with Crippen LogP contribution in [0.5, 0.6) is 17.2 Å². The van der Waals surface area contributed by atoms with E-state index in [4.69, 9.17) is 14.3 Å². The summed E-state index contributed by atoms with van der Waals surface area (Å²) < 4.78 is 11.4. The number of oxime groups is 1. The summed E-state index contributed by atoms with van der Waals surface area (Å²) in [5.41, 5.74) is 1.17. The van der Waals surface area contributed by atoms with Crippen molar-refractivity contribution in [2.45, 2.75) is 20.8 Å². The van der Waals surface area contributed by atoms with Crippen molar-refractivity contribution in [3.05, 3.63) is 54.1 Å². The highest BCUT2D eigenvalue weighted by atomic mass is 16.6. The van der Waals surface area contributed by atoms with Gasteiger partial charge in [0.05, 0.1) is 0 Å². The molecule has 23 heavy (non-hydrogen) atoms. The Morgan fingerprint density at radius 3 is 2.39 bits per heavy atom. The fraction of sp³-hybridized carbons (Fsp3) is 0.316. The minimum atomic E-state index is 0.386. The molecule has 0 bridgehead atoms. The second-order valence-electron chi connectivity index (χ2n) is 5.57. The van der Waals surface area contributed by atoms with E-state index in [1.165, 1.54) is 5.56 Å². The van der Waals surface area contributed by atoms with Crippen LogP contribution in [0.1, 0.15) is 19.4 Å². The van der Waals surface area contributed by atoms with Crippen molar-refractivity contribution in [2.75, 3.05) is 13.2 Å². The monoisotopic (exact) mass is 313 g/mol. The maximum absolute atomic E-state index is 5.79. The fourth-order valence-corrected chi connectivity index (χ4v) is 1.83. The predicted octanol–water partition coefficient (Wildman–Crippen LogP) is 4.82. The zero-order valence-corrected chi connectivity index (χ0v) is 13.9. The second-order valence-corrected chi connectivity index (χ2v) is 5.57. The molecule has 0 spiro atoms. The zero-order chi connectivity index (χ0) is 16.5. The first-order valence-electron chi connectivity index (χ1n) is 7.76. The Hall–Kier alpha value is -2.49. The van der Waals surface area contributed by atoms with Crippen LogP contribution in [-0.2, 0) is 4.84 Å². The summed E-state index contributed by atoms with van der Waals surface area (Å²) in [5, 5.41) is 3.85. The van der Waals surface area contributed by atoms with Crippen LogP contribution in [0.15, 0.2) is 53.7 Å². The van der Waals surface area contributed by atoms with Gasteiger partial charge in [-0.3, -0.25) is 0 Å². The van der Waals surface area contributed by atoms with E-state index in [1.807, 2.05) is 69.3 Å². The van der Waals surface area contributed by atoms with Gasteiger partial charge in [0.2, 0.25) is 0 Å². The van der Waals surface area contributed by atoms with Crippen molar-refractivity contribution in [1.82, 2.24) is 0 Å². The van der Waals surface area contributed by atoms with Crippen LogP contribution in [0, 0.1) is 12.8 Å². The number of ether oxygens (including phenoxy) is 2. The molecule has 0 saturated carbocycles. The van der Waals surface area contributed by atoms with Gasteiger partial charge in [0.1, 0.15) is 23.9 Å². The van der Waals surface area contributed by atoms with Gasteiger partial charge in [-0.15, -0.1) is 0 Å². The molecule has 0 aliphatic rings. The van der Waals surface area contributed by atoms with Crippen LogP contribution < -0.4 is 9.47 Å². The molecule has 0 unspecified atom stereocenters. The first kappa shape index (κ1) is 16.9. The van der Waals surface area contributed by atoms with Gasteiger partial charge in [0, 0.05) is 6.21 Å². The third-order valence-electron chi connectivity index (χ3n) is 2.93. The number of rotatable bonds is 8. The molecule has 4 heteroatoms. The van der Waals surface area contributed by atoms with Gasteiger partial charge in [-0.25, -0.2) is 0 Å². The maximum Gasteiger partial charge on any atom is 0.151 e. The molecule has 0 saturated heterocycles. The molecular weight excluding hydrogens is 290 g/mol. The van der Waals surface area contributed by atoms with Crippen LogP contribution in [0.3, 0.4) is 0 Å². The highest BCUT2D eigenvalue weighted by Crippen LogP contribution is 2.24. The van der Waals surface area contributed by atoms with Crippen molar-refractivity contribution in [2.24, 2.45) is 11.1 Å². The van der Waals surface area contributed by atoms with Gasteiger partial charge in [-0.1, -0.05) is 31.1 Å². The average molecular weight is 313 g/mol. The van der Waals surface area contributed by atoms with E-state index < -0.39 is 0 Å². The lowest BCUT2D eigenvalue weighted by Gasteiger charge is -2.08. The van der Waals surface area contributed by atoms with E-state index in [0.717, 1.165) is 17.2 Å². The average Bonchev–Trinajstić information content (AvgIpc) is 2.52. The Labute approximate surface area is 137 Å². The normalized spacial score (nSPS) is 11.0. The third kappa shape index (κ3) is 6.43. The number of nitrogens with zero attached hydrogens (tertiary/aromatic N) is 1. The van der Waals surface area contributed by atoms with Crippen LogP contribution in [0.2, 0.25) is 0 Å². The molecule has 0 heterocycles. The molecule has 0 aromatic heterocycles. The first-order valence-corrected chi connectivity index (χ1v) is 7.76. The number of hydrogen-bond acceptors (Lipinski definition) is 4. The topological polar surface area (TPSA) is 40.0 Å². The summed E-state index contributed by atoms with van der Waals surface area (Å²) in [7, 11) is 0. The summed E-state index contributed by atoms with van der Waals surface area (Å²) in [6, 6.07) is 15.5. The molecule has 0 N–H and O–H groups in total. The first-order chi connectivity index (χ1) is 11.1. The standard InChI is InChI=1S/C19H23NO3/c1-15(2)14-20-22-12-11-21-17-7-9-18(10-8-17)23-19-6-4-5-16(3)13-19/h4-10,13-15H,11-12H2,1-3H3/b20-14+. The maximum atomic E-state index is 5.79. The Balaban J connectivity index is 1.76. The molecule has 0 fully saturated rings. The summed E-state index contributed by atoms with van der Waals surface area (Å²) in [6.45, 7) is 7.00. The second kappa shape index (κ2) is 8.83. The molecule has 0 radical (unpaired) electrons. The highest BCUT2D eigenvalue weighted by Gasteiger charge is 1.99. The Morgan fingerprint density at radius 2 is 1.70 bits per heavy atom. The number of aryl methyl sites for hydroxylation is 1. The molecule has 0 atom stereocenters. The van der Waals surface area contributed by atoms with E-state index in [9.17, 15) is 0 Å². The zero-order valence-electron chi connectivity index (χ0n) is 13.9. The SMILES string of the molecule is Cc1cccc(Oc2ccc(OCCO/N=C/C(C)C)cc2)c1. The summed E-state index contributed by atoms with van der Waals surface area (Å²) in [6.07, 6.45) is 1.76. The highest BCUT2D eigenvalue weighted by molar-refractivity contribution is 5.58. The lowest BCUT2D eigenvalue weighted by Crippen LogP contribution is -2.04. The van der Waals surface area contributed by atoms with Gasteiger partial charge in [-0.2, -0.15) is 0 Å². The molecule has 2 aromatic carbocycles. The molecule has 0 aliphatic carbocycles. The molecule has 0 aliphatic heterocycles. The van der Waals surface area contributed by atoms with Gasteiger partial charge in [0.25, 0.3) is 0 Å². The summed E-state index contributed by atoms with van der Waals surface area (Å²) >= 11 is 0. The Bertz CT molecular complexity index is 621. The van der Waals surface area contributed by atoms with Crippen molar-refractivity contribution in [1.29, 1.82) is 0 Å². The minimum absolute atomic E-state index is 0.386. The fourth-order valence-electron chi connectivity index (χ4n) is 1.83. The van der Waals surface area contributed by atoms with Crippen molar-refractivity contribution >= 4 is 6.21 Å². The molecule has 2 rings (SSSR count). The Morgan fingerprint density at radius 1 is 0.957 bits per heavy atom. The molecule has 0 amide bonds. The predicted molar refractivity (Wildman–Crippen MR) is 92.5 cm³/mol. The number of hydrogen-bond donors (Lipinski definition) is 0. The molecular formula is C19H23NO3. The van der Waals surface area contributed by atoms with Crippen LogP contribution >= 0.6 is 0 Å². The van der Waals surface area contributed by atoms with Crippen molar-refractivity contribution in [3.8, 4) is 17.2 Å². The lowest BCUT2D eigenvalue weighted by atomic mass is 10.2. The van der Waals surface area contributed by atoms with E-state index >= 15 is 0 Å². The van der Waals surface area contributed by atoms with Crippen LogP contribution in [-0.4, -0.2) is 19.4 Å². The summed E-state index contributed by atoms with van der Waals surface area (Å²) in [5.74, 6) is 2.77. The van der Waals surface area contributed by atoms with Gasteiger partial charge < -0.3 is 14.3 Å². The molecule has 122 valence electrons. The molecule has 2 aromatic rings.